The number of carbonyl (C=O) groups excluding carboxylic acids is 3. The van der Waals surface area contributed by atoms with Gasteiger partial charge in [0.1, 0.15) is 28.6 Å². The molecule has 0 heterocycles. The molecule has 0 aliphatic heterocycles. The molecule has 10 nitrogen and oxygen atoms in total. The molecule has 0 bridgehead atoms. The SMILES string of the molecule is CCCN(C)[C@@H]1C(=O)C(C(N)=O)=C(O)[C@@]2(O)C(=O)C3=C(O)c4c(O)ccc(OC)c4C[C@H]3C[C@@H]12. The number of aliphatic hydroxyl groups is 3. The molecule has 1 aromatic carbocycles. The van der Waals surface area contributed by atoms with E-state index >= 15 is 0 Å². The summed E-state index contributed by atoms with van der Waals surface area (Å²) in [5.74, 6) is -6.28. The number of primary amides is 1. The lowest BCUT2D eigenvalue weighted by Gasteiger charge is -2.50. The first-order valence-electron chi connectivity index (χ1n) is 11.1. The van der Waals surface area contributed by atoms with Crippen molar-refractivity contribution in [3.05, 3.63) is 40.2 Å². The molecule has 0 spiro atoms. The highest BCUT2D eigenvalue weighted by atomic mass is 16.5. The summed E-state index contributed by atoms with van der Waals surface area (Å²) in [6.45, 7) is 2.31. The minimum absolute atomic E-state index is 0.00568. The van der Waals surface area contributed by atoms with Crippen molar-refractivity contribution in [1.82, 2.24) is 4.90 Å². The lowest BCUT2D eigenvalue weighted by atomic mass is 9.57. The molecule has 4 atom stereocenters. The van der Waals surface area contributed by atoms with Gasteiger partial charge in [0.05, 0.1) is 18.7 Å². The molecule has 1 amide bonds. The molecule has 3 aliphatic carbocycles. The number of Topliss-reactive ketones (excluding diaryl/α,β-unsaturated/α-hetero) is 2. The highest BCUT2D eigenvalue weighted by molar-refractivity contribution is 6.24. The predicted molar refractivity (Wildman–Crippen MR) is 120 cm³/mol. The number of aliphatic hydroxyl groups excluding tert-OH is 2. The summed E-state index contributed by atoms with van der Waals surface area (Å²) < 4.78 is 5.37. The van der Waals surface area contributed by atoms with Gasteiger partial charge in [0, 0.05) is 17.1 Å². The van der Waals surface area contributed by atoms with Gasteiger partial charge in [-0.3, -0.25) is 19.3 Å². The van der Waals surface area contributed by atoms with Crippen LogP contribution in [0.5, 0.6) is 11.5 Å². The van der Waals surface area contributed by atoms with Gasteiger partial charge in [-0.1, -0.05) is 6.92 Å². The van der Waals surface area contributed by atoms with Crippen molar-refractivity contribution in [2.24, 2.45) is 17.6 Å². The monoisotopic (exact) mass is 472 g/mol. The third-order valence-corrected chi connectivity index (χ3v) is 7.28. The van der Waals surface area contributed by atoms with Crippen LogP contribution in [-0.4, -0.2) is 75.1 Å². The summed E-state index contributed by atoms with van der Waals surface area (Å²) >= 11 is 0. The third kappa shape index (κ3) is 3.05. The van der Waals surface area contributed by atoms with E-state index in [1.54, 1.807) is 18.0 Å². The number of ketones is 2. The summed E-state index contributed by atoms with van der Waals surface area (Å²) in [6, 6.07) is 1.77. The molecule has 0 unspecified atom stereocenters. The van der Waals surface area contributed by atoms with Gasteiger partial charge in [-0.2, -0.15) is 0 Å². The Hall–Kier alpha value is -3.37. The number of aromatic hydroxyl groups is 1. The second kappa shape index (κ2) is 8.14. The van der Waals surface area contributed by atoms with Crippen LogP contribution >= 0.6 is 0 Å². The third-order valence-electron chi connectivity index (χ3n) is 7.28. The average Bonchev–Trinajstić information content (AvgIpc) is 2.76. The fourth-order valence-electron chi connectivity index (χ4n) is 5.81. The first kappa shape index (κ1) is 23.8. The van der Waals surface area contributed by atoms with Crippen LogP contribution in [0, 0.1) is 11.8 Å². The molecule has 0 aromatic heterocycles. The van der Waals surface area contributed by atoms with Crippen LogP contribution in [0.15, 0.2) is 29.0 Å². The topological polar surface area (TPSA) is 171 Å². The number of nitrogens with zero attached hydrogens (tertiary/aromatic N) is 1. The van der Waals surface area contributed by atoms with Crippen molar-refractivity contribution in [2.75, 3.05) is 20.7 Å². The number of carbonyl (C=O) groups is 3. The van der Waals surface area contributed by atoms with Gasteiger partial charge in [-0.25, -0.2) is 0 Å². The van der Waals surface area contributed by atoms with Crippen molar-refractivity contribution in [3.8, 4) is 11.5 Å². The predicted octanol–water partition coefficient (Wildman–Crippen LogP) is 0.753. The molecule has 1 fully saturated rings. The fourth-order valence-corrected chi connectivity index (χ4v) is 5.81. The number of likely N-dealkylation sites (N-methyl/N-ethyl adjacent to an activating group) is 1. The molecule has 182 valence electrons. The number of hydrogen-bond acceptors (Lipinski definition) is 9. The number of phenols is 1. The Morgan fingerprint density at radius 2 is 1.94 bits per heavy atom. The highest BCUT2D eigenvalue weighted by Crippen LogP contribution is 2.53. The Morgan fingerprint density at radius 3 is 2.53 bits per heavy atom. The van der Waals surface area contributed by atoms with Crippen LogP contribution in [0.2, 0.25) is 0 Å². The molecule has 6 N–H and O–H groups in total. The summed E-state index contributed by atoms with van der Waals surface area (Å²) in [6.07, 6.45) is 0.886. The minimum Gasteiger partial charge on any atom is -0.508 e. The van der Waals surface area contributed by atoms with Crippen LogP contribution in [0.1, 0.15) is 30.9 Å². The number of benzene rings is 1. The average molecular weight is 472 g/mol. The minimum atomic E-state index is -2.64. The quantitative estimate of drug-likeness (QED) is 0.388. The molecule has 1 aromatic rings. The number of rotatable bonds is 5. The molecular weight excluding hydrogens is 444 g/mol. The number of methoxy groups -OCH3 is 1. The summed E-state index contributed by atoms with van der Waals surface area (Å²) in [5, 5.41) is 44.0. The molecule has 1 saturated carbocycles. The van der Waals surface area contributed by atoms with E-state index in [1.807, 2.05) is 6.92 Å². The second-order valence-corrected chi connectivity index (χ2v) is 9.12. The van der Waals surface area contributed by atoms with Crippen molar-refractivity contribution in [2.45, 2.75) is 37.8 Å². The molecule has 3 aliphatic rings. The Morgan fingerprint density at radius 1 is 1.26 bits per heavy atom. The van der Waals surface area contributed by atoms with Gasteiger partial charge < -0.3 is 30.9 Å². The fraction of sp³-hybridized carbons (Fsp3) is 0.458. The number of nitrogens with two attached hydrogens (primary N) is 1. The van der Waals surface area contributed by atoms with Gasteiger partial charge in [0.15, 0.2) is 11.4 Å². The van der Waals surface area contributed by atoms with E-state index in [9.17, 15) is 34.8 Å². The molecular formula is C24H28N2O8. The maximum absolute atomic E-state index is 13.8. The Labute approximate surface area is 195 Å². The molecule has 0 radical (unpaired) electrons. The zero-order valence-electron chi connectivity index (χ0n) is 19.2. The summed E-state index contributed by atoms with van der Waals surface area (Å²) in [4.78, 5) is 40.7. The molecule has 34 heavy (non-hydrogen) atoms. The van der Waals surface area contributed by atoms with Crippen molar-refractivity contribution < 1.29 is 39.5 Å². The van der Waals surface area contributed by atoms with Gasteiger partial charge in [0.25, 0.3) is 5.91 Å². The maximum atomic E-state index is 13.8. The first-order chi connectivity index (χ1) is 16.0. The Balaban J connectivity index is 1.97. The van der Waals surface area contributed by atoms with Gasteiger partial charge >= 0.3 is 0 Å². The normalized spacial score (nSPS) is 28.6. The second-order valence-electron chi connectivity index (χ2n) is 9.12. The van der Waals surface area contributed by atoms with E-state index in [2.05, 4.69) is 0 Å². The van der Waals surface area contributed by atoms with Crippen molar-refractivity contribution >= 4 is 23.2 Å². The van der Waals surface area contributed by atoms with E-state index in [0.29, 0.717) is 24.3 Å². The number of hydrogen-bond donors (Lipinski definition) is 5. The lowest BCUT2D eigenvalue weighted by Crippen LogP contribution is -2.66. The van der Waals surface area contributed by atoms with Crippen LogP contribution in [0.4, 0.5) is 0 Å². The Kier molecular flexibility index (Phi) is 5.69. The number of ether oxygens (including phenoxy) is 1. The van der Waals surface area contributed by atoms with Crippen molar-refractivity contribution in [1.29, 1.82) is 0 Å². The molecule has 10 heteroatoms. The standard InChI is InChI=1S/C24H28N2O8/c1-4-7-26(2)18-12-9-10-8-11-14(34-3)6-5-13(27)16(11)19(28)15(10)21(30)24(12,33)22(31)17(20(18)29)23(25)32/h5-6,10,12,18,27-28,31,33H,4,7-9H2,1-3H3,(H2,25,32)/t10-,12-,18-,24-/m0/s1. The molecule has 0 saturated heterocycles. The summed E-state index contributed by atoms with van der Waals surface area (Å²) in [7, 11) is 3.08. The van der Waals surface area contributed by atoms with E-state index in [4.69, 9.17) is 10.5 Å². The lowest BCUT2D eigenvalue weighted by molar-refractivity contribution is -0.154. The summed E-state index contributed by atoms with van der Waals surface area (Å²) in [5.41, 5.74) is 2.21. The van der Waals surface area contributed by atoms with Crippen LogP contribution in [0.25, 0.3) is 5.76 Å². The first-order valence-corrected chi connectivity index (χ1v) is 11.1. The maximum Gasteiger partial charge on any atom is 0.255 e. The Bertz CT molecular complexity index is 1170. The van der Waals surface area contributed by atoms with E-state index < -0.39 is 58.0 Å². The molecule has 4 rings (SSSR count). The van der Waals surface area contributed by atoms with E-state index in [1.165, 1.54) is 13.2 Å². The van der Waals surface area contributed by atoms with E-state index in [-0.39, 0.29) is 29.7 Å². The number of phenolic OH excluding ortho intramolecular Hbond substituents is 1. The van der Waals surface area contributed by atoms with E-state index in [0.717, 1.165) is 0 Å². The van der Waals surface area contributed by atoms with Gasteiger partial charge in [0.2, 0.25) is 5.78 Å². The largest absolute Gasteiger partial charge is 0.508 e. The zero-order chi connectivity index (χ0) is 25.1. The van der Waals surface area contributed by atoms with Crippen LogP contribution in [-0.2, 0) is 20.8 Å². The van der Waals surface area contributed by atoms with Crippen LogP contribution in [0.3, 0.4) is 0 Å². The van der Waals surface area contributed by atoms with Crippen LogP contribution < -0.4 is 10.5 Å². The highest BCUT2D eigenvalue weighted by Gasteiger charge is 2.64. The number of amides is 1. The number of fused-ring (bicyclic) bond motifs is 3. The smallest absolute Gasteiger partial charge is 0.255 e. The zero-order valence-corrected chi connectivity index (χ0v) is 19.2. The van der Waals surface area contributed by atoms with Gasteiger partial charge in [-0.15, -0.1) is 0 Å². The van der Waals surface area contributed by atoms with Gasteiger partial charge in [-0.05, 0) is 50.9 Å². The van der Waals surface area contributed by atoms with Crippen molar-refractivity contribution in [3.63, 3.8) is 0 Å².